The fourth-order valence-electron chi connectivity index (χ4n) is 0.694. The molecule has 0 saturated heterocycles. The minimum absolute atomic E-state index is 0.846. The molecular weight excluding hydrogens is 126 g/mol. The lowest BCUT2D eigenvalue weighted by Crippen LogP contribution is -2.09. The normalized spacial score (nSPS) is 9.44. The van der Waals surface area contributed by atoms with Gasteiger partial charge in [0.1, 0.15) is 0 Å². The topological polar surface area (TPSA) is 26.0 Å². The van der Waals surface area contributed by atoms with E-state index in [1.54, 1.807) is 0 Å². The molecule has 2 radical (unpaired) electrons. The van der Waals surface area contributed by atoms with Crippen molar-refractivity contribution in [2.75, 3.05) is 5.73 Å². The van der Waals surface area contributed by atoms with Crippen molar-refractivity contribution in [3.8, 4) is 0 Å². The average molecular weight is 135 g/mol. The quantitative estimate of drug-likeness (QED) is 0.444. The van der Waals surface area contributed by atoms with Crippen LogP contribution in [-0.4, -0.2) is 9.52 Å². The Morgan fingerprint density at radius 3 is 2.67 bits per heavy atom. The van der Waals surface area contributed by atoms with Gasteiger partial charge >= 0.3 is 0 Å². The van der Waals surface area contributed by atoms with E-state index in [1.165, 1.54) is 5.19 Å². The minimum Gasteiger partial charge on any atom is -0.399 e. The molecule has 0 saturated carbocycles. The van der Waals surface area contributed by atoms with E-state index in [4.69, 9.17) is 5.73 Å². The first-order chi connectivity index (χ1) is 4.33. The molecule has 46 valence electrons. The van der Waals surface area contributed by atoms with Crippen LogP contribution in [-0.2, 0) is 0 Å². The summed E-state index contributed by atoms with van der Waals surface area (Å²) in [6, 6.07) is 8.00. The van der Waals surface area contributed by atoms with Gasteiger partial charge in [-0.3, -0.25) is 0 Å². The van der Waals surface area contributed by atoms with Crippen LogP contribution in [0.3, 0.4) is 0 Å². The van der Waals surface area contributed by atoms with Crippen LogP contribution in [0, 0.1) is 0 Å². The molecule has 0 aliphatic heterocycles. The highest BCUT2D eigenvalue weighted by atomic mass is 28.2. The van der Waals surface area contributed by atoms with E-state index >= 15 is 0 Å². The fraction of sp³-hybridized carbons (Fsp3) is 0.143. The smallest absolute Gasteiger partial charge is 0.0774 e. The van der Waals surface area contributed by atoms with Crippen molar-refractivity contribution >= 4 is 20.4 Å². The van der Waals surface area contributed by atoms with Crippen LogP contribution in [0.1, 0.15) is 0 Å². The number of nitrogen functional groups attached to an aromatic ring is 1. The number of hydrogen-bond donors (Lipinski definition) is 1. The van der Waals surface area contributed by atoms with Gasteiger partial charge in [0.25, 0.3) is 0 Å². The van der Waals surface area contributed by atoms with Gasteiger partial charge < -0.3 is 5.73 Å². The monoisotopic (exact) mass is 135 g/mol. The summed E-state index contributed by atoms with van der Waals surface area (Å²) in [5.41, 5.74) is 6.40. The third kappa shape index (κ3) is 1.57. The predicted molar refractivity (Wildman–Crippen MR) is 42.1 cm³/mol. The number of benzene rings is 1. The molecule has 0 aliphatic carbocycles. The Morgan fingerprint density at radius 1 is 1.44 bits per heavy atom. The Labute approximate surface area is 57.7 Å². The fourth-order valence-corrected chi connectivity index (χ4v) is 1.27. The van der Waals surface area contributed by atoms with Gasteiger partial charge in [-0.25, -0.2) is 0 Å². The lowest BCUT2D eigenvalue weighted by atomic mass is 10.3. The van der Waals surface area contributed by atoms with Gasteiger partial charge in [-0.1, -0.05) is 23.9 Å². The molecule has 1 nitrogen and oxygen atoms in total. The van der Waals surface area contributed by atoms with E-state index in [-0.39, 0.29) is 0 Å². The van der Waals surface area contributed by atoms with E-state index < -0.39 is 0 Å². The van der Waals surface area contributed by atoms with Crippen LogP contribution in [0.2, 0.25) is 6.55 Å². The van der Waals surface area contributed by atoms with Crippen LogP contribution in [0.25, 0.3) is 0 Å². The molecule has 2 heteroatoms. The van der Waals surface area contributed by atoms with E-state index in [0.717, 1.165) is 15.2 Å². The minimum atomic E-state index is 0.846. The van der Waals surface area contributed by atoms with E-state index in [2.05, 4.69) is 12.6 Å². The maximum atomic E-state index is 5.54. The van der Waals surface area contributed by atoms with Crippen molar-refractivity contribution in [3.05, 3.63) is 24.3 Å². The van der Waals surface area contributed by atoms with Gasteiger partial charge in [-0.05, 0) is 12.1 Å². The first kappa shape index (κ1) is 6.36. The SMILES string of the molecule is C[Si]c1cccc(N)c1. The summed E-state index contributed by atoms with van der Waals surface area (Å²) in [5.74, 6) is 0. The van der Waals surface area contributed by atoms with Crippen LogP contribution < -0.4 is 10.9 Å². The Hall–Kier alpha value is -0.763. The highest BCUT2D eigenvalue weighted by Gasteiger charge is 1.87. The van der Waals surface area contributed by atoms with Gasteiger partial charge in [0, 0.05) is 5.69 Å². The maximum Gasteiger partial charge on any atom is 0.0774 e. The van der Waals surface area contributed by atoms with E-state index in [9.17, 15) is 0 Å². The highest BCUT2D eigenvalue weighted by molar-refractivity contribution is 6.52. The molecule has 1 aromatic carbocycles. The molecule has 2 N–H and O–H groups in total. The number of nitrogens with two attached hydrogens (primary N) is 1. The molecule has 0 aliphatic rings. The summed E-state index contributed by atoms with van der Waals surface area (Å²) in [4.78, 5) is 0. The average Bonchev–Trinajstić information content (AvgIpc) is 1.88. The van der Waals surface area contributed by atoms with Gasteiger partial charge in [-0.15, -0.1) is 0 Å². The molecule has 1 aromatic rings. The second-order valence-corrected chi connectivity index (χ2v) is 2.95. The lowest BCUT2D eigenvalue weighted by molar-refractivity contribution is 1.73. The standard InChI is InChI=1S/C7H9NSi/c1-9-7-4-2-3-6(8)5-7/h2-5H,8H2,1H3. The van der Waals surface area contributed by atoms with Crippen molar-refractivity contribution in [1.82, 2.24) is 0 Å². The molecule has 1 rings (SSSR count). The first-order valence-electron chi connectivity index (χ1n) is 2.86. The second-order valence-electron chi connectivity index (χ2n) is 1.88. The molecule has 0 bridgehead atoms. The predicted octanol–water partition coefficient (Wildman–Crippen LogP) is 0.646. The van der Waals surface area contributed by atoms with E-state index in [1.807, 2.05) is 18.2 Å². The summed E-state index contributed by atoms with van der Waals surface area (Å²) in [7, 11) is 0.846. The number of anilines is 1. The molecular formula is C7H9NSi. The van der Waals surface area contributed by atoms with Crippen molar-refractivity contribution in [1.29, 1.82) is 0 Å². The third-order valence-corrected chi connectivity index (χ3v) is 2.06. The summed E-state index contributed by atoms with van der Waals surface area (Å²) in [6.07, 6.45) is 0. The van der Waals surface area contributed by atoms with Crippen LogP contribution in [0.15, 0.2) is 24.3 Å². The van der Waals surface area contributed by atoms with Gasteiger partial charge in [-0.2, -0.15) is 0 Å². The Morgan fingerprint density at radius 2 is 2.22 bits per heavy atom. The molecule has 0 aromatic heterocycles. The molecule has 0 atom stereocenters. The van der Waals surface area contributed by atoms with Crippen molar-refractivity contribution in [2.45, 2.75) is 6.55 Å². The van der Waals surface area contributed by atoms with Gasteiger partial charge in [0.2, 0.25) is 0 Å². The van der Waals surface area contributed by atoms with Gasteiger partial charge in [0.15, 0.2) is 0 Å². The van der Waals surface area contributed by atoms with Crippen LogP contribution in [0.5, 0.6) is 0 Å². The number of hydrogen-bond acceptors (Lipinski definition) is 1. The molecule has 9 heavy (non-hydrogen) atoms. The molecule has 0 spiro atoms. The Balaban J connectivity index is 2.94. The zero-order chi connectivity index (χ0) is 6.69. The zero-order valence-corrected chi connectivity index (χ0v) is 6.39. The summed E-state index contributed by atoms with van der Waals surface area (Å²) in [6.45, 7) is 2.15. The largest absolute Gasteiger partial charge is 0.399 e. The van der Waals surface area contributed by atoms with Crippen molar-refractivity contribution < 1.29 is 0 Å². The van der Waals surface area contributed by atoms with Crippen LogP contribution >= 0.6 is 0 Å². The Kier molecular flexibility index (Phi) is 1.90. The third-order valence-electron chi connectivity index (χ3n) is 1.18. The molecule has 0 unspecified atom stereocenters. The summed E-state index contributed by atoms with van der Waals surface area (Å²) >= 11 is 0. The Bertz CT molecular complexity index is 198. The zero-order valence-electron chi connectivity index (χ0n) is 5.39. The first-order valence-corrected chi connectivity index (χ1v) is 4.36. The maximum absolute atomic E-state index is 5.54. The van der Waals surface area contributed by atoms with E-state index in [0.29, 0.717) is 0 Å². The molecule has 0 heterocycles. The second kappa shape index (κ2) is 2.69. The summed E-state index contributed by atoms with van der Waals surface area (Å²) in [5, 5.41) is 1.33. The molecule has 0 fully saturated rings. The lowest BCUT2D eigenvalue weighted by Gasteiger charge is -1.94. The van der Waals surface area contributed by atoms with Gasteiger partial charge in [0.05, 0.1) is 9.52 Å². The summed E-state index contributed by atoms with van der Waals surface area (Å²) < 4.78 is 0. The van der Waals surface area contributed by atoms with Crippen molar-refractivity contribution in [3.63, 3.8) is 0 Å². The number of rotatable bonds is 1. The molecule has 0 amide bonds. The van der Waals surface area contributed by atoms with Crippen LogP contribution in [0.4, 0.5) is 5.69 Å². The van der Waals surface area contributed by atoms with Crippen molar-refractivity contribution in [2.24, 2.45) is 0 Å². The highest BCUT2D eigenvalue weighted by Crippen LogP contribution is 1.94.